The Hall–Kier alpha value is -2.16. The van der Waals surface area contributed by atoms with E-state index in [0.29, 0.717) is 29.1 Å². The quantitative estimate of drug-likeness (QED) is 0.300. The van der Waals surface area contributed by atoms with Crippen molar-refractivity contribution in [2.24, 2.45) is 5.41 Å². The molecule has 2 aliphatic rings. The molecule has 2 aromatic rings. The number of thiazole rings is 1. The van der Waals surface area contributed by atoms with Gasteiger partial charge in [-0.1, -0.05) is 43.5 Å². The summed E-state index contributed by atoms with van der Waals surface area (Å²) in [7, 11) is 0. The van der Waals surface area contributed by atoms with E-state index in [1.54, 1.807) is 13.0 Å². The SMILES string of the molecule is CCCCCOC[C@H]1C[C@]2(C[C@@](C)(c3csc(Nc4ccccc4Cl)n3)OC2=O)C(=O)O1. The second kappa shape index (κ2) is 9.37. The lowest BCUT2D eigenvalue weighted by Crippen LogP contribution is -2.32. The van der Waals surface area contributed by atoms with Crippen LogP contribution in [0.25, 0.3) is 0 Å². The van der Waals surface area contributed by atoms with Crippen molar-refractivity contribution in [2.75, 3.05) is 18.5 Å². The lowest BCUT2D eigenvalue weighted by Gasteiger charge is -2.20. The number of carbonyl (C=O) groups is 2. The monoisotopic (exact) mass is 478 g/mol. The number of nitrogens with zero attached hydrogens (tertiary/aromatic N) is 1. The maximum absolute atomic E-state index is 12.9. The highest BCUT2D eigenvalue weighted by atomic mass is 35.5. The zero-order valence-corrected chi connectivity index (χ0v) is 19.8. The Morgan fingerprint density at radius 2 is 2.09 bits per heavy atom. The highest BCUT2D eigenvalue weighted by Gasteiger charge is 2.65. The summed E-state index contributed by atoms with van der Waals surface area (Å²) < 4.78 is 16.9. The topological polar surface area (TPSA) is 86.8 Å². The Bertz CT molecular complexity index is 998. The minimum absolute atomic E-state index is 0.194. The summed E-state index contributed by atoms with van der Waals surface area (Å²) in [6.07, 6.45) is 3.20. The van der Waals surface area contributed by atoms with Gasteiger partial charge in [-0.05, 0) is 25.5 Å². The molecular formula is C23H27ClN2O5S. The van der Waals surface area contributed by atoms with Gasteiger partial charge in [-0.3, -0.25) is 9.59 Å². The van der Waals surface area contributed by atoms with Crippen LogP contribution < -0.4 is 5.32 Å². The van der Waals surface area contributed by atoms with Crippen molar-refractivity contribution >= 4 is 45.7 Å². The van der Waals surface area contributed by atoms with Crippen LogP contribution in [-0.4, -0.2) is 36.2 Å². The highest BCUT2D eigenvalue weighted by molar-refractivity contribution is 7.13. The molecule has 0 aliphatic carbocycles. The average Bonchev–Trinajstić information content (AvgIpc) is 3.42. The molecule has 3 atom stereocenters. The van der Waals surface area contributed by atoms with Gasteiger partial charge in [0.25, 0.3) is 0 Å². The standard InChI is InChI=1S/C23H27ClN2O5S/c1-3-4-7-10-29-12-15-11-23(19(27)30-15)14-22(2,31-20(23)28)18-13-32-21(26-18)25-17-9-6-5-8-16(17)24/h5-6,8-9,13,15H,3-4,7,10-12,14H2,1-2H3,(H,25,26)/t15-,22+,23+/m1/s1. The molecule has 1 N–H and O–H groups in total. The van der Waals surface area contributed by atoms with E-state index < -0.39 is 29.1 Å². The molecule has 2 saturated heterocycles. The number of halogens is 1. The summed E-state index contributed by atoms with van der Waals surface area (Å²) in [5, 5.41) is 6.22. The lowest BCUT2D eigenvalue weighted by atomic mass is 9.78. The molecule has 0 saturated carbocycles. The van der Waals surface area contributed by atoms with Crippen molar-refractivity contribution in [3.05, 3.63) is 40.4 Å². The van der Waals surface area contributed by atoms with Gasteiger partial charge in [0.1, 0.15) is 6.10 Å². The molecule has 9 heteroatoms. The second-order valence-electron chi connectivity index (χ2n) is 8.54. The van der Waals surface area contributed by atoms with Crippen LogP contribution >= 0.6 is 22.9 Å². The Balaban J connectivity index is 1.43. The summed E-state index contributed by atoms with van der Waals surface area (Å²) >= 11 is 7.59. The van der Waals surface area contributed by atoms with Gasteiger partial charge < -0.3 is 19.5 Å². The van der Waals surface area contributed by atoms with Crippen LogP contribution in [0.4, 0.5) is 10.8 Å². The molecule has 2 fully saturated rings. The van der Waals surface area contributed by atoms with Crippen LogP contribution in [0, 0.1) is 5.41 Å². The Morgan fingerprint density at radius 3 is 2.88 bits per heavy atom. The first-order valence-electron chi connectivity index (χ1n) is 10.9. The maximum Gasteiger partial charge on any atom is 0.324 e. The van der Waals surface area contributed by atoms with Crippen LogP contribution in [0.3, 0.4) is 0 Å². The molecule has 32 heavy (non-hydrogen) atoms. The van der Waals surface area contributed by atoms with Crippen LogP contribution in [-0.2, 0) is 29.4 Å². The minimum atomic E-state index is -1.30. The number of unbranched alkanes of at least 4 members (excludes halogenated alkanes) is 2. The number of hydrogen-bond donors (Lipinski definition) is 1. The van der Waals surface area contributed by atoms with Gasteiger partial charge in [0.05, 0.1) is 23.0 Å². The molecule has 1 aromatic heterocycles. The number of rotatable bonds is 9. The number of cyclic esters (lactones) is 2. The summed E-state index contributed by atoms with van der Waals surface area (Å²) in [5.74, 6) is -1.08. The first-order chi connectivity index (χ1) is 15.4. The molecule has 0 unspecified atom stereocenters. The molecule has 7 nitrogen and oxygen atoms in total. The van der Waals surface area contributed by atoms with Crippen molar-refractivity contribution in [1.82, 2.24) is 4.98 Å². The minimum Gasteiger partial charge on any atom is -0.459 e. The van der Waals surface area contributed by atoms with Crippen LogP contribution in [0.5, 0.6) is 0 Å². The summed E-state index contributed by atoms with van der Waals surface area (Å²) in [6.45, 7) is 4.83. The number of aromatic nitrogens is 1. The molecule has 0 amide bonds. The molecule has 3 heterocycles. The molecule has 0 radical (unpaired) electrons. The van der Waals surface area contributed by atoms with E-state index in [4.69, 9.17) is 25.8 Å². The number of nitrogens with one attached hydrogen (secondary N) is 1. The number of carbonyl (C=O) groups excluding carboxylic acids is 2. The van der Waals surface area contributed by atoms with E-state index in [-0.39, 0.29) is 12.8 Å². The van der Waals surface area contributed by atoms with Gasteiger partial charge >= 0.3 is 11.9 Å². The van der Waals surface area contributed by atoms with Crippen molar-refractivity contribution in [3.63, 3.8) is 0 Å². The first-order valence-corrected chi connectivity index (χ1v) is 12.1. The molecule has 0 bridgehead atoms. The summed E-state index contributed by atoms with van der Waals surface area (Å²) in [6, 6.07) is 7.37. The Morgan fingerprint density at radius 1 is 1.28 bits per heavy atom. The second-order valence-corrected chi connectivity index (χ2v) is 9.80. The fourth-order valence-corrected chi connectivity index (χ4v) is 5.26. The third-order valence-electron chi connectivity index (χ3n) is 5.95. The van der Waals surface area contributed by atoms with Gasteiger partial charge in [0.15, 0.2) is 16.1 Å². The number of esters is 2. The van der Waals surface area contributed by atoms with Gasteiger partial charge in [0.2, 0.25) is 0 Å². The van der Waals surface area contributed by atoms with Crippen molar-refractivity contribution < 1.29 is 23.8 Å². The highest BCUT2D eigenvalue weighted by Crippen LogP contribution is 2.52. The fraction of sp³-hybridized carbons (Fsp3) is 0.522. The maximum atomic E-state index is 12.9. The summed E-state index contributed by atoms with van der Waals surface area (Å²) in [4.78, 5) is 30.2. The average molecular weight is 479 g/mol. The van der Waals surface area contributed by atoms with Crippen LogP contribution in [0.2, 0.25) is 5.02 Å². The molecule has 4 rings (SSSR count). The Kier molecular flexibility index (Phi) is 6.74. The third-order valence-corrected chi connectivity index (χ3v) is 7.03. The predicted molar refractivity (Wildman–Crippen MR) is 122 cm³/mol. The number of anilines is 2. The van der Waals surface area contributed by atoms with Gasteiger partial charge in [-0.15, -0.1) is 11.3 Å². The zero-order valence-electron chi connectivity index (χ0n) is 18.2. The van der Waals surface area contributed by atoms with Crippen LogP contribution in [0.15, 0.2) is 29.6 Å². The van der Waals surface area contributed by atoms with Gasteiger partial charge in [0, 0.05) is 24.8 Å². The normalized spacial score (nSPS) is 27.0. The van der Waals surface area contributed by atoms with E-state index in [1.807, 2.05) is 23.6 Å². The van der Waals surface area contributed by atoms with E-state index in [2.05, 4.69) is 17.2 Å². The Labute approximate surface area is 196 Å². The number of hydrogen-bond acceptors (Lipinski definition) is 8. The zero-order chi connectivity index (χ0) is 22.8. The number of benzene rings is 1. The van der Waals surface area contributed by atoms with Gasteiger partial charge in [-0.25, -0.2) is 4.98 Å². The molecule has 2 aliphatic heterocycles. The van der Waals surface area contributed by atoms with E-state index in [1.165, 1.54) is 11.3 Å². The molecular weight excluding hydrogens is 452 g/mol. The van der Waals surface area contributed by atoms with Crippen molar-refractivity contribution in [2.45, 2.75) is 57.7 Å². The largest absolute Gasteiger partial charge is 0.459 e. The number of para-hydroxylation sites is 1. The van der Waals surface area contributed by atoms with Crippen molar-refractivity contribution in [1.29, 1.82) is 0 Å². The molecule has 1 spiro atoms. The first kappa shape index (κ1) is 23.0. The fourth-order valence-electron chi connectivity index (χ4n) is 4.23. The predicted octanol–water partition coefficient (Wildman–Crippen LogP) is 5.21. The van der Waals surface area contributed by atoms with Crippen LogP contribution in [0.1, 0.15) is 51.6 Å². The molecule has 1 aromatic carbocycles. The van der Waals surface area contributed by atoms with Gasteiger partial charge in [-0.2, -0.15) is 0 Å². The van der Waals surface area contributed by atoms with Crippen molar-refractivity contribution in [3.8, 4) is 0 Å². The summed E-state index contributed by atoms with van der Waals surface area (Å²) in [5.41, 5.74) is -0.980. The van der Waals surface area contributed by atoms with E-state index in [9.17, 15) is 9.59 Å². The van der Waals surface area contributed by atoms with E-state index in [0.717, 1.165) is 24.9 Å². The smallest absolute Gasteiger partial charge is 0.324 e. The molecule has 172 valence electrons. The van der Waals surface area contributed by atoms with E-state index >= 15 is 0 Å². The lowest BCUT2D eigenvalue weighted by molar-refractivity contribution is -0.160. The number of ether oxygens (including phenoxy) is 3. The third kappa shape index (κ3) is 4.49.